The summed E-state index contributed by atoms with van der Waals surface area (Å²) in [6.07, 6.45) is 0. The Bertz CT molecular complexity index is 693. The number of anilines is 1. The van der Waals surface area contributed by atoms with E-state index in [0.29, 0.717) is 19.2 Å². The molecule has 0 bridgehead atoms. The summed E-state index contributed by atoms with van der Waals surface area (Å²) in [7, 11) is 0. The molecule has 1 aromatic carbocycles. The molecule has 3 amide bonds. The second kappa shape index (κ2) is 7.16. The van der Waals surface area contributed by atoms with Crippen molar-refractivity contribution in [3.63, 3.8) is 0 Å². The summed E-state index contributed by atoms with van der Waals surface area (Å²) < 4.78 is 26.4. The van der Waals surface area contributed by atoms with Gasteiger partial charge >= 0.3 is 11.8 Å². The van der Waals surface area contributed by atoms with Crippen LogP contribution in [0.3, 0.4) is 0 Å². The van der Waals surface area contributed by atoms with Gasteiger partial charge in [-0.3, -0.25) is 14.4 Å². The normalized spacial score (nSPS) is 15.1. The minimum atomic E-state index is -0.999. The van der Waals surface area contributed by atoms with Gasteiger partial charge in [-0.05, 0) is 12.1 Å². The summed E-state index contributed by atoms with van der Waals surface area (Å²) in [5.41, 5.74) is -0.773. The molecule has 1 heterocycles. The molecule has 1 aromatic rings. The van der Waals surface area contributed by atoms with E-state index in [1.54, 1.807) is 4.90 Å². The summed E-state index contributed by atoms with van der Waals surface area (Å²) in [5.74, 6) is -3.56. The molecule has 25 heavy (non-hydrogen) atoms. The van der Waals surface area contributed by atoms with Crippen LogP contribution in [0.5, 0.6) is 0 Å². The second-order valence-corrected chi connectivity index (χ2v) is 6.91. The van der Waals surface area contributed by atoms with E-state index in [0.717, 1.165) is 12.1 Å². The Labute approximate surface area is 144 Å². The first-order valence-corrected chi connectivity index (χ1v) is 7.94. The standard InChI is InChI=1S/C17H21F2N3O3/c1-17(2,3)16(25)22-8-6-21(7-9-22)15(24)14(23)20-13-5-4-11(18)10-12(13)19/h4-5,10H,6-9H2,1-3H3,(H,20,23). The van der Waals surface area contributed by atoms with Crippen LogP contribution in [-0.4, -0.2) is 53.7 Å². The summed E-state index contributed by atoms with van der Waals surface area (Å²) in [5, 5.41) is 2.14. The molecule has 136 valence electrons. The maximum Gasteiger partial charge on any atom is 0.313 e. The highest BCUT2D eigenvalue weighted by Crippen LogP contribution is 2.19. The van der Waals surface area contributed by atoms with E-state index >= 15 is 0 Å². The van der Waals surface area contributed by atoms with Crippen LogP contribution in [0.1, 0.15) is 20.8 Å². The maximum atomic E-state index is 13.5. The van der Waals surface area contributed by atoms with Crippen LogP contribution in [0.15, 0.2) is 18.2 Å². The molecule has 0 aliphatic carbocycles. The molecule has 6 nitrogen and oxygen atoms in total. The summed E-state index contributed by atoms with van der Waals surface area (Å²) >= 11 is 0. The molecular formula is C17H21F2N3O3. The highest BCUT2D eigenvalue weighted by molar-refractivity contribution is 6.39. The van der Waals surface area contributed by atoms with Gasteiger partial charge in [-0.1, -0.05) is 20.8 Å². The molecule has 1 aliphatic rings. The molecule has 0 spiro atoms. The molecule has 0 aromatic heterocycles. The molecule has 0 saturated carbocycles. The van der Waals surface area contributed by atoms with Gasteiger partial charge in [-0.15, -0.1) is 0 Å². The van der Waals surface area contributed by atoms with E-state index in [1.165, 1.54) is 4.90 Å². The molecule has 1 fully saturated rings. The van der Waals surface area contributed by atoms with Gasteiger partial charge in [-0.2, -0.15) is 0 Å². The monoisotopic (exact) mass is 353 g/mol. The van der Waals surface area contributed by atoms with E-state index in [4.69, 9.17) is 0 Å². The third-order valence-electron chi connectivity index (χ3n) is 3.87. The Morgan fingerprint density at radius 1 is 1.00 bits per heavy atom. The van der Waals surface area contributed by atoms with Gasteiger partial charge < -0.3 is 15.1 Å². The molecule has 0 unspecified atom stereocenters. The third-order valence-corrected chi connectivity index (χ3v) is 3.87. The highest BCUT2D eigenvalue weighted by atomic mass is 19.1. The van der Waals surface area contributed by atoms with Crippen molar-refractivity contribution in [1.29, 1.82) is 0 Å². The van der Waals surface area contributed by atoms with Crippen LogP contribution in [-0.2, 0) is 14.4 Å². The molecule has 0 radical (unpaired) electrons. The van der Waals surface area contributed by atoms with Crippen molar-refractivity contribution in [3.8, 4) is 0 Å². The zero-order valence-corrected chi connectivity index (χ0v) is 14.4. The van der Waals surface area contributed by atoms with Crippen molar-refractivity contribution in [2.45, 2.75) is 20.8 Å². The van der Waals surface area contributed by atoms with E-state index in [2.05, 4.69) is 5.32 Å². The first kappa shape index (κ1) is 18.8. The average Bonchev–Trinajstić information content (AvgIpc) is 2.55. The fraction of sp³-hybridized carbons (Fsp3) is 0.471. The molecule has 1 N–H and O–H groups in total. The second-order valence-electron chi connectivity index (χ2n) is 6.91. The molecule has 0 atom stereocenters. The Hall–Kier alpha value is -2.51. The number of carbonyl (C=O) groups is 3. The van der Waals surface area contributed by atoms with Crippen molar-refractivity contribution in [2.24, 2.45) is 5.41 Å². The molecular weight excluding hydrogens is 332 g/mol. The van der Waals surface area contributed by atoms with Gasteiger partial charge in [0.25, 0.3) is 0 Å². The zero-order chi connectivity index (χ0) is 18.8. The average molecular weight is 353 g/mol. The van der Waals surface area contributed by atoms with Gasteiger partial charge in [-0.25, -0.2) is 8.78 Å². The van der Waals surface area contributed by atoms with E-state index < -0.39 is 28.9 Å². The minimum Gasteiger partial charge on any atom is -0.339 e. The fourth-order valence-electron chi connectivity index (χ4n) is 2.50. The van der Waals surface area contributed by atoms with Crippen LogP contribution in [0.2, 0.25) is 0 Å². The predicted octanol–water partition coefficient (Wildman–Crippen LogP) is 1.62. The molecule has 8 heteroatoms. The summed E-state index contributed by atoms with van der Waals surface area (Å²) in [4.78, 5) is 39.3. The van der Waals surface area contributed by atoms with Crippen molar-refractivity contribution < 1.29 is 23.2 Å². The van der Waals surface area contributed by atoms with Gasteiger partial charge in [0, 0.05) is 37.7 Å². The smallest absolute Gasteiger partial charge is 0.313 e. The largest absolute Gasteiger partial charge is 0.339 e. The Morgan fingerprint density at radius 2 is 1.56 bits per heavy atom. The number of hydrogen-bond donors (Lipinski definition) is 1. The molecule has 2 rings (SSSR count). The first-order valence-electron chi connectivity index (χ1n) is 7.94. The summed E-state index contributed by atoms with van der Waals surface area (Å²) in [6, 6.07) is 2.66. The maximum absolute atomic E-state index is 13.5. The minimum absolute atomic E-state index is 0.0163. The third kappa shape index (κ3) is 4.52. The molecule has 1 saturated heterocycles. The first-order chi connectivity index (χ1) is 11.6. The lowest BCUT2D eigenvalue weighted by Gasteiger charge is -2.37. The number of hydrogen-bond acceptors (Lipinski definition) is 3. The Kier molecular flexibility index (Phi) is 5.39. The van der Waals surface area contributed by atoms with Crippen molar-refractivity contribution in [3.05, 3.63) is 29.8 Å². The number of rotatable bonds is 1. The van der Waals surface area contributed by atoms with Gasteiger partial charge in [0.2, 0.25) is 5.91 Å². The van der Waals surface area contributed by atoms with Gasteiger partial charge in [0.1, 0.15) is 11.6 Å². The highest BCUT2D eigenvalue weighted by Gasteiger charge is 2.32. The summed E-state index contributed by atoms with van der Waals surface area (Å²) in [6.45, 7) is 6.56. The fourth-order valence-corrected chi connectivity index (χ4v) is 2.50. The predicted molar refractivity (Wildman–Crippen MR) is 87.6 cm³/mol. The van der Waals surface area contributed by atoms with Crippen molar-refractivity contribution >= 4 is 23.4 Å². The van der Waals surface area contributed by atoms with E-state index in [9.17, 15) is 23.2 Å². The SMILES string of the molecule is CC(C)(C)C(=O)N1CCN(C(=O)C(=O)Nc2ccc(F)cc2F)CC1. The van der Waals surface area contributed by atoms with Crippen LogP contribution >= 0.6 is 0 Å². The number of nitrogens with one attached hydrogen (secondary N) is 1. The lowest BCUT2D eigenvalue weighted by molar-refractivity contribution is -0.148. The van der Waals surface area contributed by atoms with Crippen molar-refractivity contribution in [2.75, 3.05) is 31.5 Å². The van der Waals surface area contributed by atoms with E-state index in [-0.39, 0.29) is 24.7 Å². The van der Waals surface area contributed by atoms with Gasteiger partial charge in [0.15, 0.2) is 0 Å². The van der Waals surface area contributed by atoms with Crippen LogP contribution in [0.4, 0.5) is 14.5 Å². The van der Waals surface area contributed by atoms with Gasteiger partial charge in [0.05, 0.1) is 5.69 Å². The molecule has 1 aliphatic heterocycles. The lowest BCUT2D eigenvalue weighted by Crippen LogP contribution is -2.54. The lowest BCUT2D eigenvalue weighted by atomic mass is 9.94. The Morgan fingerprint density at radius 3 is 2.08 bits per heavy atom. The number of nitrogens with zero attached hydrogens (tertiary/aromatic N) is 2. The van der Waals surface area contributed by atoms with Crippen molar-refractivity contribution in [1.82, 2.24) is 9.80 Å². The van der Waals surface area contributed by atoms with Crippen LogP contribution in [0.25, 0.3) is 0 Å². The number of carbonyl (C=O) groups excluding carboxylic acids is 3. The Balaban J connectivity index is 1.93. The zero-order valence-electron chi connectivity index (χ0n) is 14.4. The topological polar surface area (TPSA) is 69.7 Å². The van der Waals surface area contributed by atoms with Crippen LogP contribution in [0, 0.1) is 17.0 Å². The quantitative estimate of drug-likeness (QED) is 0.780. The van der Waals surface area contributed by atoms with Crippen LogP contribution < -0.4 is 5.32 Å². The van der Waals surface area contributed by atoms with E-state index in [1.807, 2.05) is 20.8 Å². The number of halogens is 2. The number of benzene rings is 1. The number of piperazine rings is 1. The number of amides is 3.